The number of nitrogens with zero attached hydrogens (tertiary/aromatic N) is 2. The van der Waals surface area contributed by atoms with Crippen molar-refractivity contribution in [3.8, 4) is 5.75 Å². The van der Waals surface area contributed by atoms with Crippen LogP contribution in [0.4, 0.5) is 5.69 Å². The van der Waals surface area contributed by atoms with Crippen LogP contribution in [0.3, 0.4) is 0 Å². The molecule has 1 atom stereocenters. The van der Waals surface area contributed by atoms with Crippen LogP contribution in [0.5, 0.6) is 5.75 Å². The summed E-state index contributed by atoms with van der Waals surface area (Å²) in [6.45, 7) is 2.93. The van der Waals surface area contributed by atoms with Gasteiger partial charge in [-0.15, -0.1) is 0 Å². The average Bonchev–Trinajstić information content (AvgIpc) is 3.11. The topological polar surface area (TPSA) is 82.4 Å². The van der Waals surface area contributed by atoms with Crippen LogP contribution < -0.4 is 15.6 Å². The third kappa shape index (κ3) is 3.88. The molecule has 1 aliphatic heterocycles. The molecule has 7 nitrogen and oxygen atoms in total. The first-order chi connectivity index (χ1) is 12.1. The fraction of sp³-hybridized carbons (Fsp3) is 0.389. The number of rotatable bonds is 5. The molecule has 0 aromatic carbocycles. The van der Waals surface area contributed by atoms with Crippen LogP contribution in [0.15, 0.2) is 35.5 Å². The number of hydrogen-bond acceptors (Lipinski definition) is 5. The molecule has 7 heteroatoms. The quantitative estimate of drug-likeness (QED) is 0.898. The molecule has 1 unspecified atom stereocenters. The van der Waals surface area contributed by atoms with Gasteiger partial charge in [0.25, 0.3) is 11.5 Å². The van der Waals surface area contributed by atoms with Gasteiger partial charge in [-0.1, -0.05) is 0 Å². The third-order valence-electron chi connectivity index (χ3n) is 4.23. The second kappa shape index (κ2) is 7.48. The van der Waals surface area contributed by atoms with Crippen molar-refractivity contribution in [1.29, 1.82) is 0 Å². The van der Waals surface area contributed by atoms with Crippen molar-refractivity contribution in [2.75, 3.05) is 19.0 Å². The number of hydrogen-bond donors (Lipinski definition) is 1. The molecule has 3 rings (SSSR count). The van der Waals surface area contributed by atoms with Gasteiger partial charge in [-0.2, -0.15) is 0 Å². The van der Waals surface area contributed by atoms with Gasteiger partial charge in [0.05, 0.1) is 37.8 Å². The molecule has 1 N–H and O–H groups in total. The Bertz CT molecular complexity index is 825. The van der Waals surface area contributed by atoms with Crippen LogP contribution in [-0.4, -0.2) is 35.3 Å². The van der Waals surface area contributed by atoms with Gasteiger partial charge >= 0.3 is 0 Å². The van der Waals surface area contributed by atoms with Crippen LogP contribution in [0.1, 0.15) is 28.8 Å². The first kappa shape index (κ1) is 17.2. The summed E-state index contributed by atoms with van der Waals surface area (Å²) in [5, 5.41) is 2.71. The summed E-state index contributed by atoms with van der Waals surface area (Å²) in [6.07, 6.45) is 6.71. The first-order valence-corrected chi connectivity index (χ1v) is 8.20. The molecule has 3 heterocycles. The Morgan fingerprint density at radius 2 is 2.32 bits per heavy atom. The van der Waals surface area contributed by atoms with E-state index in [1.54, 1.807) is 29.8 Å². The SMILES string of the molecule is COc1cncc(NC(=O)c2c(C)ccn(CC3CCCO3)c2=O)c1. The number of ether oxygens (including phenoxy) is 2. The molecule has 1 saturated heterocycles. The van der Waals surface area contributed by atoms with E-state index >= 15 is 0 Å². The summed E-state index contributed by atoms with van der Waals surface area (Å²) >= 11 is 0. The highest BCUT2D eigenvalue weighted by Gasteiger charge is 2.20. The standard InChI is InChI=1S/C18H21N3O4/c1-12-5-6-21(11-14-4-3-7-25-14)18(23)16(12)17(22)20-13-8-15(24-2)10-19-9-13/h5-6,8-10,14H,3-4,7,11H2,1-2H3,(H,20,22). The van der Waals surface area contributed by atoms with Gasteiger partial charge in [0.1, 0.15) is 11.3 Å². The van der Waals surface area contributed by atoms with Crippen LogP contribution in [-0.2, 0) is 11.3 Å². The third-order valence-corrected chi connectivity index (χ3v) is 4.23. The van der Waals surface area contributed by atoms with Gasteiger partial charge in [-0.25, -0.2) is 0 Å². The van der Waals surface area contributed by atoms with Crippen molar-refractivity contribution in [2.24, 2.45) is 0 Å². The average molecular weight is 343 g/mol. The smallest absolute Gasteiger partial charge is 0.263 e. The van der Waals surface area contributed by atoms with Gasteiger partial charge in [0.2, 0.25) is 0 Å². The summed E-state index contributed by atoms with van der Waals surface area (Å²) in [4.78, 5) is 29.4. The fourth-order valence-corrected chi connectivity index (χ4v) is 2.89. The number of carbonyl (C=O) groups excluding carboxylic acids is 1. The lowest BCUT2D eigenvalue weighted by atomic mass is 10.1. The first-order valence-electron chi connectivity index (χ1n) is 8.20. The number of pyridine rings is 2. The van der Waals surface area contributed by atoms with Gasteiger partial charge in [0, 0.05) is 18.9 Å². The van der Waals surface area contributed by atoms with Gasteiger partial charge < -0.3 is 19.4 Å². The van der Waals surface area contributed by atoms with E-state index in [1.165, 1.54) is 19.5 Å². The molecule has 0 aliphatic carbocycles. The van der Waals surface area contributed by atoms with E-state index in [-0.39, 0.29) is 17.2 Å². The Labute approximate surface area is 145 Å². The molecule has 0 bridgehead atoms. The summed E-state index contributed by atoms with van der Waals surface area (Å²) in [5.74, 6) is 0.0672. The number of aryl methyl sites for hydroxylation is 1. The highest BCUT2D eigenvalue weighted by molar-refractivity contribution is 6.05. The van der Waals surface area contributed by atoms with Crippen LogP contribution >= 0.6 is 0 Å². The Balaban J connectivity index is 1.84. The highest BCUT2D eigenvalue weighted by atomic mass is 16.5. The molecule has 2 aromatic heterocycles. The van der Waals surface area contributed by atoms with E-state index < -0.39 is 5.91 Å². The molecular formula is C18H21N3O4. The van der Waals surface area contributed by atoms with E-state index in [2.05, 4.69) is 10.3 Å². The van der Waals surface area contributed by atoms with E-state index in [1.807, 2.05) is 0 Å². The maximum atomic E-state index is 12.7. The number of methoxy groups -OCH3 is 1. The molecule has 0 spiro atoms. The fourth-order valence-electron chi connectivity index (χ4n) is 2.89. The highest BCUT2D eigenvalue weighted by Crippen LogP contribution is 2.16. The number of nitrogens with one attached hydrogen (secondary N) is 1. The number of amides is 1. The second-order valence-electron chi connectivity index (χ2n) is 6.03. The number of anilines is 1. The lowest BCUT2D eigenvalue weighted by Gasteiger charge is -2.14. The minimum atomic E-state index is -0.459. The Kier molecular flexibility index (Phi) is 5.14. The lowest BCUT2D eigenvalue weighted by molar-refractivity contribution is 0.0952. The van der Waals surface area contributed by atoms with E-state index in [0.717, 1.165) is 19.4 Å². The van der Waals surface area contributed by atoms with Crippen LogP contribution in [0.2, 0.25) is 0 Å². The van der Waals surface area contributed by atoms with Crippen molar-refractivity contribution in [3.05, 3.63) is 52.2 Å². The Hall–Kier alpha value is -2.67. The summed E-state index contributed by atoms with van der Waals surface area (Å²) in [7, 11) is 1.52. The van der Waals surface area contributed by atoms with Crippen molar-refractivity contribution >= 4 is 11.6 Å². The molecule has 0 saturated carbocycles. The zero-order valence-electron chi connectivity index (χ0n) is 14.3. The lowest BCUT2D eigenvalue weighted by Crippen LogP contribution is -2.32. The maximum Gasteiger partial charge on any atom is 0.263 e. The summed E-state index contributed by atoms with van der Waals surface area (Å²) in [5.41, 5.74) is 0.909. The van der Waals surface area contributed by atoms with E-state index in [9.17, 15) is 9.59 Å². The summed E-state index contributed by atoms with van der Waals surface area (Å²) in [6, 6.07) is 3.42. The van der Waals surface area contributed by atoms with E-state index in [0.29, 0.717) is 23.5 Å². The minimum absolute atomic E-state index is 0.0268. The van der Waals surface area contributed by atoms with Crippen molar-refractivity contribution in [3.63, 3.8) is 0 Å². The van der Waals surface area contributed by atoms with Crippen molar-refractivity contribution in [2.45, 2.75) is 32.4 Å². The Morgan fingerprint density at radius 1 is 1.48 bits per heavy atom. The van der Waals surface area contributed by atoms with E-state index in [4.69, 9.17) is 9.47 Å². The van der Waals surface area contributed by atoms with Gasteiger partial charge in [-0.05, 0) is 31.4 Å². The van der Waals surface area contributed by atoms with Crippen LogP contribution in [0, 0.1) is 6.92 Å². The molecule has 132 valence electrons. The molecule has 2 aromatic rings. The molecule has 1 fully saturated rings. The monoisotopic (exact) mass is 343 g/mol. The zero-order valence-corrected chi connectivity index (χ0v) is 14.3. The van der Waals surface area contributed by atoms with Crippen molar-refractivity contribution < 1.29 is 14.3 Å². The summed E-state index contributed by atoms with van der Waals surface area (Å²) < 4.78 is 12.2. The largest absolute Gasteiger partial charge is 0.495 e. The minimum Gasteiger partial charge on any atom is -0.495 e. The normalized spacial score (nSPS) is 16.6. The van der Waals surface area contributed by atoms with Gasteiger partial charge in [0.15, 0.2) is 0 Å². The predicted molar refractivity (Wildman–Crippen MR) is 93.2 cm³/mol. The second-order valence-corrected chi connectivity index (χ2v) is 6.03. The number of carbonyl (C=O) groups is 1. The number of aromatic nitrogens is 2. The molecule has 1 amide bonds. The maximum absolute atomic E-state index is 12.7. The Morgan fingerprint density at radius 3 is 3.04 bits per heavy atom. The van der Waals surface area contributed by atoms with Gasteiger partial charge in [-0.3, -0.25) is 14.6 Å². The molecule has 25 heavy (non-hydrogen) atoms. The molecule has 1 aliphatic rings. The zero-order chi connectivity index (χ0) is 17.8. The van der Waals surface area contributed by atoms with Crippen molar-refractivity contribution in [1.82, 2.24) is 9.55 Å². The van der Waals surface area contributed by atoms with Crippen LogP contribution in [0.25, 0.3) is 0 Å². The molecular weight excluding hydrogens is 322 g/mol. The predicted octanol–water partition coefficient (Wildman–Crippen LogP) is 1.99. The molecule has 0 radical (unpaired) electrons.